The standard InChI is InChI=1S/C15H27N3/c1-3-5-10-18(4-2)11-6-7-13-12-14(16)8-9-15(13)17/h8-9,12H,3-7,10-11,16-17H2,1-2H3. The maximum absolute atomic E-state index is 5.95. The van der Waals surface area contributed by atoms with E-state index in [9.17, 15) is 0 Å². The fourth-order valence-electron chi connectivity index (χ4n) is 2.15. The number of hydrogen-bond donors (Lipinski definition) is 2. The Morgan fingerprint density at radius 2 is 1.78 bits per heavy atom. The summed E-state index contributed by atoms with van der Waals surface area (Å²) in [6.45, 7) is 7.95. The molecule has 3 nitrogen and oxygen atoms in total. The Kier molecular flexibility index (Phi) is 6.58. The first-order valence-electron chi connectivity index (χ1n) is 7.03. The van der Waals surface area contributed by atoms with Crippen LogP contribution in [0.15, 0.2) is 18.2 Å². The first-order chi connectivity index (χ1) is 8.67. The van der Waals surface area contributed by atoms with Crippen LogP contribution >= 0.6 is 0 Å². The molecule has 0 aliphatic carbocycles. The van der Waals surface area contributed by atoms with Gasteiger partial charge in [0.05, 0.1) is 0 Å². The zero-order chi connectivity index (χ0) is 13.4. The predicted octanol–water partition coefficient (Wildman–Crippen LogP) is 2.91. The van der Waals surface area contributed by atoms with Gasteiger partial charge in [0.1, 0.15) is 0 Å². The number of aryl methyl sites for hydroxylation is 1. The summed E-state index contributed by atoms with van der Waals surface area (Å²) in [5.74, 6) is 0. The molecule has 0 unspecified atom stereocenters. The van der Waals surface area contributed by atoms with Crippen LogP contribution in [0, 0.1) is 0 Å². The SMILES string of the molecule is CCCCN(CC)CCCc1cc(N)ccc1N. The second-order valence-corrected chi connectivity index (χ2v) is 4.85. The van der Waals surface area contributed by atoms with Crippen LogP contribution < -0.4 is 11.5 Å². The highest BCUT2D eigenvalue weighted by Crippen LogP contribution is 2.17. The highest BCUT2D eigenvalue weighted by molar-refractivity contribution is 5.55. The highest BCUT2D eigenvalue weighted by Gasteiger charge is 2.04. The van der Waals surface area contributed by atoms with Gasteiger partial charge in [-0.3, -0.25) is 0 Å². The average molecular weight is 249 g/mol. The lowest BCUT2D eigenvalue weighted by atomic mass is 10.1. The molecule has 0 heterocycles. The summed E-state index contributed by atoms with van der Waals surface area (Å²) in [5, 5.41) is 0. The average Bonchev–Trinajstić information content (AvgIpc) is 2.37. The van der Waals surface area contributed by atoms with Crippen molar-refractivity contribution in [1.82, 2.24) is 4.90 Å². The van der Waals surface area contributed by atoms with E-state index in [0.717, 1.165) is 37.3 Å². The summed E-state index contributed by atoms with van der Waals surface area (Å²) in [6, 6.07) is 5.76. The van der Waals surface area contributed by atoms with E-state index in [0.29, 0.717) is 0 Å². The lowest BCUT2D eigenvalue weighted by Gasteiger charge is -2.20. The van der Waals surface area contributed by atoms with Crippen LogP contribution in [-0.4, -0.2) is 24.5 Å². The van der Waals surface area contributed by atoms with Crippen molar-refractivity contribution in [1.29, 1.82) is 0 Å². The van der Waals surface area contributed by atoms with Crippen LogP contribution in [0.4, 0.5) is 11.4 Å². The molecule has 0 amide bonds. The fourth-order valence-corrected chi connectivity index (χ4v) is 2.15. The quantitative estimate of drug-likeness (QED) is 0.697. The molecule has 1 rings (SSSR count). The third-order valence-electron chi connectivity index (χ3n) is 3.36. The van der Waals surface area contributed by atoms with Crippen LogP contribution in [0.5, 0.6) is 0 Å². The van der Waals surface area contributed by atoms with Gasteiger partial charge in [0.2, 0.25) is 0 Å². The van der Waals surface area contributed by atoms with Crippen molar-refractivity contribution in [3.05, 3.63) is 23.8 Å². The van der Waals surface area contributed by atoms with Gasteiger partial charge >= 0.3 is 0 Å². The number of nitrogen functional groups attached to an aromatic ring is 2. The first kappa shape index (κ1) is 14.8. The van der Waals surface area contributed by atoms with Crippen LogP contribution in [0.1, 0.15) is 38.7 Å². The van der Waals surface area contributed by atoms with Crippen molar-refractivity contribution < 1.29 is 0 Å². The molecule has 0 aromatic heterocycles. The van der Waals surface area contributed by atoms with Crippen LogP contribution in [0.3, 0.4) is 0 Å². The van der Waals surface area contributed by atoms with Crippen LogP contribution in [0.2, 0.25) is 0 Å². The van der Waals surface area contributed by atoms with Crippen molar-refractivity contribution in [3.63, 3.8) is 0 Å². The summed E-state index contributed by atoms with van der Waals surface area (Å²) >= 11 is 0. The molecule has 0 radical (unpaired) electrons. The van der Waals surface area contributed by atoms with E-state index in [-0.39, 0.29) is 0 Å². The van der Waals surface area contributed by atoms with Crippen LogP contribution in [0.25, 0.3) is 0 Å². The highest BCUT2D eigenvalue weighted by atomic mass is 15.1. The van der Waals surface area contributed by atoms with E-state index in [4.69, 9.17) is 11.5 Å². The van der Waals surface area contributed by atoms with E-state index in [2.05, 4.69) is 18.7 Å². The Morgan fingerprint density at radius 3 is 2.44 bits per heavy atom. The van der Waals surface area contributed by atoms with Gasteiger partial charge < -0.3 is 16.4 Å². The lowest BCUT2D eigenvalue weighted by molar-refractivity contribution is 0.280. The summed E-state index contributed by atoms with van der Waals surface area (Å²) in [5.41, 5.74) is 14.6. The van der Waals surface area contributed by atoms with Crippen molar-refractivity contribution in [3.8, 4) is 0 Å². The normalized spacial score (nSPS) is 11.1. The summed E-state index contributed by atoms with van der Waals surface area (Å²) in [4.78, 5) is 2.51. The number of nitrogens with zero attached hydrogens (tertiary/aromatic N) is 1. The molecule has 0 spiro atoms. The van der Waals surface area contributed by atoms with E-state index in [1.807, 2.05) is 18.2 Å². The zero-order valence-electron chi connectivity index (χ0n) is 11.8. The Balaban J connectivity index is 2.37. The molecule has 4 N–H and O–H groups in total. The maximum Gasteiger partial charge on any atom is 0.0348 e. The Bertz CT molecular complexity index is 350. The van der Waals surface area contributed by atoms with E-state index in [1.54, 1.807) is 0 Å². The summed E-state index contributed by atoms with van der Waals surface area (Å²) in [7, 11) is 0. The third-order valence-corrected chi connectivity index (χ3v) is 3.36. The van der Waals surface area contributed by atoms with E-state index < -0.39 is 0 Å². The summed E-state index contributed by atoms with van der Waals surface area (Å²) < 4.78 is 0. The molecule has 1 aromatic rings. The second kappa shape index (κ2) is 7.98. The topological polar surface area (TPSA) is 55.3 Å². The molecule has 0 saturated carbocycles. The van der Waals surface area contributed by atoms with Gasteiger partial charge in [-0.25, -0.2) is 0 Å². The van der Waals surface area contributed by atoms with Crippen molar-refractivity contribution in [2.24, 2.45) is 0 Å². The Hall–Kier alpha value is -1.22. The van der Waals surface area contributed by atoms with Gasteiger partial charge in [-0.2, -0.15) is 0 Å². The lowest BCUT2D eigenvalue weighted by Crippen LogP contribution is -2.26. The molecular weight excluding hydrogens is 222 g/mol. The molecule has 0 bridgehead atoms. The number of hydrogen-bond acceptors (Lipinski definition) is 3. The van der Waals surface area contributed by atoms with Crippen molar-refractivity contribution in [2.75, 3.05) is 31.1 Å². The number of rotatable bonds is 8. The molecule has 0 fully saturated rings. The molecule has 102 valence electrons. The molecule has 1 aromatic carbocycles. The van der Waals surface area contributed by atoms with Gasteiger partial charge in [0.25, 0.3) is 0 Å². The van der Waals surface area contributed by atoms with Gasteiger partial charge in [-0.1, -0.05) is 20.3 Å². The molecule has 3 heteroatoms. The number of benzene rings is 1. The van der Waals surface area contributed by atoms with Gasteiger partial charge in [-0.05, 0) is 62.7 Å². The monoisotopic (exact) mass is 249 g/mol. The third kappa shape index (κ3) is 4.96. The molecule has 0 aliphatic rings. The molecule has 0 saturated heterocycles. The Labute approximate surface area is 111 Å². The molecule has 0 atom stereocenters. The fraction of sp³-hybridized carbons (Fsp3) is 0.600. The van der Waals surface area contributed by atoms with Crippen molar-refractivity contribution >= 4 is 11.4 Å². The summed E-state index contributed by atoms with van der Waals surface area (Å²) in [6.07, 6.45) is 4.71. The molecule has 18 heavy (non-hydrogen) atoms. The Morgan fingerprint density at radius 1 is 1.06 bits per heavy atom. The minimum atomic E-state index is 0.803. The number of nitrogens with two attached hydrogens (primary N) is 2. The minimum absolute atomic E-state index is 0.803. The van der Waals surface area contributed by atoms with Gasteiger partial charge in [0.15, 0.2) is 0 Å². The predicted molar refractivity (Wildman–Crippen MR) is 80.6 cm³/mol. The first-order valence-corrected chi connectivity index (χ1v) is 7.03. The minimum Gasteiger partial charge on any atom is -0.399 e. The number of anilines is 2. The maximum atomic E-state index is 5.95. The van der Waals surface area contributed by atoms with Crippen molar-refractivity contribution in [2.45, 2.75) is 39.5 Å². The molecular formula is C15H27N3. The van der Waals surface area contributed by atoms with E-state index >= 15 is 0 Å². The van der Waals surface area contributed by atoms with Crippen LogP contribution in [-0.2, 0) is 6.42 Å². The largest absolute Gasteiger partial charge is 0.399 e. The van der Waals surface area contributed by atoms with Gasteiger partial charge in [0, 0.05) is 11.4 Å². The number of unbranched alkanes of at least 4 members (excludes halogenated alkanes) is 1. The zero-order valence-corrected chi connectivity index (χ0v) is 11.8. The second-order valence-electron chi connectivity index (χ2n) is 4.85. The molecule has 0 aliphatic heterocycles. The van der Waals surface area contributed by atoms with Gasteiger partial charge in [-0.15, -0.1) is 0 Å². The smallest absolute Gasteiger partial charge is 0.0348 e. The van der Waals surface area contributed by atoms with E-state index in [1.165, 1.54) is 24.9 Å².